The van der Waals surface area contributed by atoms with E-state index in [0.717, 1.165) is 24.1 Å². The van der Waals surface area contributed by atoms with E-state index in [0.29, 0.717) is 45.0 Å². The lowest BCUT2D eigenvalue weighted by atomic mass is 9.96. The first-order chi connectivity index (χ1) is 18.7. The summed E-state index contributed by atoms with van der Waals surface area (Å²) in [6.07, 6.45) is 4.95. The van der Waals surface area contributed by atoms with E-state index in [2.05, 4.69) is 65.6 Å². The van der Waals surface area contributed by atoms with E-state index in [-0.39, 0.29) is 5.41 Å². The van der Waals surface area contributed by atoms with E-state index < -0.39 is 11.6 Å². The normalized spacial score (nSPS) is 16.3. The van der Waals surface area contributed by atoms with Crippen molar-refractivity contribution in [2.24, 2.45) is 5.41 Å². The topological polar surface area (TPSA) is 136 Å². The molecule has 196 valence electrons. The number of pyridine rings is 1. The predicted molar refractivity (Wildman–Crippen MR) is 151 cm³/mol. The van der Waals surface area contributed by atoms with E-state index in [1.807, 2.05) is 36.5 Å². The molecule has 1 aliphatic carbocycles. The van der Waals surface area contributed by atoms with Crippen LogP contribution in [0.5, 0.6) is 0 Å². The lowest BCUT2D eigenvalue weighted by molar-refractivity contribution is 0.217. The number of fused-ring (bicyclic) bond motifs is 1. The zero-order valence-electron chi connectivity index (χ0n) is 21.9. The Labute approximate surface area is 232 Å². The van der Waals surface area contributed by atoms with E-state index >= 15 is 0 Å². The van der Waals surface area contributed by atoms with Gasteiger partial charge in [0.2, 0.25) is 0 Å². The molecule has 1 atom stereocenters. The third-order valence-electron chi connectivity index (χ3n) is 6.83. The molecule has 2 aromatic carbocycles. The fourth-order valence-electron chi connectivity index (χ4n) is 4.53. The van der Waals surface area contributed by atoms with Crippen LogP contribution in [0.2, 0.25) is 5.02 Å². The number of nitrogens with one attached hydrogen (secondary N) is 4. The number of hydrazine groups is 2. The molecule has 1 aliphatic heterocycles. The number of anilines is 2. The molecule has 1 aromatic heterocycles. The molecule has 0 amide bonds. The van der Waals surface area contributed by atoms with Crippen molar-refractivity contribution in [3.8, 4) is 18.2 Å². The molecule has 0 bridgehead atoms. The van der Waals surface area contributed by atoms with Gasteiger partial charge in [-0.2, -0.15) is 15.8 Å². The number of hydrogen-bond donors (Lipinski definition) is 4. The fraction of sp³-hybridized carbons (Fsp3) is 0.310. The van der Waals surface area contributed by atoms with Gasteiger partial charge in [0.05, 0.1) is 40.1 Å². The van der Waals surface area contributed by atoms with Gasteiger partial charge in [-0.05, 0) is 42.0 Å². The first-order valence-corrected chi connectivity index (χ1v) is 13.0. The van der Waals surface area contributed by atoms with Crippen molar-refractivity contribution >= 4 is 33.9 Å². The summed E-state index contributed by atoms with van der Waals surface area (Å²) < 4.78 is 0. The molecule has 3 aromatic rings. The summed E-state index contributed by atoms with van der Waals surface area (Å²) in [6.45, 7) is 6.95. The highest BCUT2D eigenvalue weighted by Crippen LogP contribution is 2.42. The van der Waals surface area contributed by atoms with Gasteiger partial charge in [-0.3, -0.25) is 9.99 Å². The minimum atomic E-state index is -0.566. The molecular formula is C29H28ClN9. The Morgan fingerprint density at radius 1 is 1.13 bits per heavy atom. The van der Waals surface area contributed by atoms with Crippen molar-refractivity contribution in [1.29, 1.82) is 15.8 Å². The van der Waals surface area contributed by atoms with Gasteiger partial charge in [-0.1, -0.05) is 50.6 Å². The number of nitrogens with zero attached hydrogens (tertiary/aromatic N) is 5. The SMILES string of the molecule is CC(C)(C)CNc1c(C#N)cnc2c(C#N)cc(NC(C3=CN(C4(C#N)CC4)NN3)c3ccccc3Cl)cc12. The minimum absolute atomic E-state index is 0.0345. The van der Waals surface area contributed by atoms with Gasteiger partial charge in [-0.25, -0.2) is 0 Å². The van der Waals surface area contributed by atoms with Crippen molar-refractivity contribution < 1.29 is 0 Å². The van der Waals surface area contributed by atoms with E-state index in [1.165, 1.54) is 6.20 Å². The van der Waals surface area contributed by atoms with Crippen molar-refractivity contribution in [2.75, 3.05) is 17.2 Å². The van der Waals surface area contributed by atoms with Crippen LogP contribution in [0.15, 0.2) is 54.5 Å². The Balaban J connectivity index is 1.60. The Kier molecular flexibility index (Phi) is 6.70. The Morgan fingerprint density at radius 2 is 1.87 bits per heavy atom. The monoisotopic (exact) mass is 537 g/mol. The standard InChI is InChI=1S/C29H28ClN9/c1-28(2,3)17-35-26-19(13-32)14-34-25-18(12-31)10-20(11-22(25)26)36-27(21-6-4-5-7-23(21)30)24-15-39(38-37-24)29(16-33)8-9-29/h4-7,10-11,14-15,27,36-38H,8-9,17H2,1-3H3,(H,34,35). The summed E-state index contributed by atoms with van der Waals surface area (Å²) in [4.78, 5) is 4.45. The first-order valence-electron chi connectivity index (χ1n) is 12.6. The molecule has 0 saturated heterocycles. The smallest absolute Gasteiger partial charge is 0.143 e. The Hall–Kier alpha value is -4.49. The number of nitriles is 3. The van der Waals surface area contributed by atoms with E-state index in [9.17, 15) is 15.8 Å². The number of aromatic nitrogens is 1. The molecule has 10 heteroatoms. The van der Waals surface area contributed by atoms with Crippen LogP contribution in [0.1, 0.15) is 56.3 Å². The van der Waals surface area contributed by atoms with Crippen LogP contribution in [0.3, 0.4) is 0 Å². The molecule has 9 nitrogen and oxygen atoms in total. The lowest BCUT2D eigenvalue weighted by Crippen LogP contribution is -2.44. The van der Waals surface area contributed by atoms with Crippen LogP contribution in [-0.2, 0) is 0 Å². The molecule has 0 spiro atoms. The van der Waals surface area contributed by atoms with Crippen LogP contribution in [0.4, 0.5) is 11.4 Å². The summed E-state index contributed by atoms with van der Waals surface area (Å²) in [7, 11) is 0. The predicted octanol–water partition coefficient (Wildman–Crippen LogP) is 5.47. The summed E-state index contributed by atoms with van der Waals surface area (Å²) in [5.74, 6) is 0. The lowest BCUT2D eigenvalue weighted by Gasteiger charge is -2.24. The van der Waals surface area contributed by atoms with E-state index in [4.69, 9.17) is 11.6 Å². The minimum Gasteiger partial charge on any atom is -0.383 e. The van der Waals surface area contributed by atoms with Crippen LogP contribution in [0, 0.1) is 39.4 Å². The van der Waals surface area contributed by atoms with Gasteiger partial charge in [0, 0.05) is 35.0 Å². The van der Waals surface area contributed by atoms with Crippen molar-refractivity contribution in [3.63, 3.8) is 0 Å². The molecule has 0 radical (unpaired) electrons. The number of benzene rings is 2. The van der Waals surface area contributed by atoms with Gasteiger partial charge in [-0.15, -0.1) is 5.53 Å². The van der Waals surface area contributed by atoms with Gasteiger partial charge in [0.15, 0.2) is 0 Å². The third kappa shape index (κ3) is 5.13. The van der Waals surface area contributed by atoms with Crippen LogP contribution in [-0.4, -0.2) is 22.1 Å². The quantitative estimate of drug-likeness (QED) is 0.309. The highest BCUT2D eigenvalue weighted by atomic mass is 35.5. The molecule has 1 fully saturated rings. The first kappa shape index (κ1) is 26.1. The highest BCUT2D eigenvalue weighted by Gasteiger charge is 2.50. The molecule has 5 rings (SSSR count). The maximum absolute atomic E-state index is 10.0. The fourth-order valence-corrected chi connectivity index (χ4v) is 4.77. The zero-order valence-corrected chi connectivity index (χ0v) is 22.7. The average molecular weight is 538 g/mol. The largest absolute Gasteiger partial charge is 0.383 e. The summed E-state index contributed by atoms with van der Waals surface area (Å²) >= 11 is 6.64. The van der Waals surface area contributed by atoms with Gasteiger partial charge in [0.1, 0.15) is 17.7 Å². The van der Waals surface area contributed by atoms with Gasteiger partial charge >= 0.3 is 0 Å². The van der Waals surface area contributed by atoms with Gasteiger partial charge in [0.25, 0.3) is 0 Å². The molecule has 2 heterocycles. The summed E-state index contributed by atoms with van der Waals surface area (Å²) in [6, 6.07) is 17.6. The second-order valence-electron chi connectivity index (χ2n) is 11.0. The molecule has 4 N–H and O–H groups in total. The summed E-state index contributed by atoms with van der Waals surface area (Å²) in [5.41, 5.74) is 9.87. The second kappa shape index (κ2) is 10.0. The summed E-state index contributed by atoms with van der Waals surface area (Å²) in [5, 5.41) is 39.5. The maximum Gasteiger partial charge on any atom is 0.143 e. The zero-order chi connectivity index (χ0) is 27.8. The van der Waals surface area contributed by atoms with E-state index in [1.54, 1.807) is 11.1 Å². The molecule has 2 aliphatic rings. The Bertz CT molecular complexity index is 1600. The third-order valence-corrected chi connectivity index (χ3v) is 7.17. The van der Waals surface area contributed by atoms with Crippen LogP contribution < -0.4 is 21.6 Å². The molecule has 39 heavy (non-hydrogen) atoms. The van der Waals surface area contributed by atoms with Crippen molar-refractivity contribution in [1.82, 2.24) is 21.0 Å². The number of hydrogen-bond acceptors (Lipinski definition) is 9. The van der Waals surface area contributed by atoms with Gasteiger partial charge < -0.3 is 16.1 Å². The second-order valence-corrected chi connectivity index (χ2v) is 11.4. The number of rotatable bonds is 7. The highest BCUT2D eigenvalue weighted by molar-refractivity contribution is 6.31. The van der Waals surface area contributed by atoms with Crippen LogP contribution in [0.25, 0.3) is 10.9 Å². The molecule has 1 saturated carbocycles. The van der Waals surface area contributed by atoms with Crippen molar-refractivity contribution in [2.45, 2.75) is 45.2 Å². The molecular weight excluding hydrogens is 510 g/mol. The number of halogens is 1. The average Bonchev–Trinajstić information content (AvgIpc) is 3.57. The Morgan fingerprint density at radius 3 is 2.51 bits per heavy atom. The van der Waals surface area contributed by atoms with Crippen LogP contribution >= 0.6 is 11.6 Å². The van der Waals surface area contributed by atoms with Crippen molar-refractivity contribution in [3.05, 3.63) is 76.2 Å². The molecule has 1 unspecified atom stereocenters. The maximum atomic E-state index is 10.0.